The monoisotopic (exact) mass is 233 g/mol. The van der Waals surface area contributed by atoms with Crippen molar-refractivity contribution in [3.8, 4) is 10.4 Å². The van der Waals surface area contributed by atoms with Crippen molar-refractivity contribution in [3.05, 3.63) is 30.2 Å². The summed E-state index contributed by atoms with van der Waals surface area (Å²) in [6.07, 6.45) is 3.49. The van der Waals surface area contributed by atoms with Gasteiger partial charge in [0.2, 0.25) is 5.91 Å². The molecule has 0 unspecified atom stereocenters. The van der Waals surface area contributed by atoms with Crippen molar-refractivity contribution >= 4 is 22.4 Å². The molecule has 16 heavy (non-hydrogen) atoms. The molecule has 0 fully saturated rings. The van der Waals surface area contributed by atoms with Crippen molar-refractivity contribution < 1.29 is 4.79 Å². The number of pyridine rings is 1. The van der Waals surface area contributed by atoms with Crippen LogP contribution in [0.5, 0.6) is 0 Å². The minimum Gasteiger partial charge on any atom is -0.302 e. The minimum atomic E-state index is -0.102. The number of hydrogen-bond acceptors (Lipinski definition) is 4. The summed E-state index contributed by atoms with van der Waals surface area (Å²) >= 11 is 1.47. The highest BCUT2D eigenvalue weighted by molar-refractivity contribution is 7.19. The molecule has 0 bridgehead atoms. The molecule has 0 aliphatic rings. The Morgan fingerprint density at radius 1 is 1.38 bits per heavy atom. The van der Waals surface area contributed by atoms with Crippen LogP contribution < -0.4 is 5.32 Å². The lowest BCUT2D eigenvalue weighted by Gasteiger charge is -1.95. The van der Waals surface area contributed by atoms with E-state index in [0.29, 0.717) is 5.13 Å². The van der Waals surface area contributed by atoms with Crippen LogP contribution in [-0.2, 0) is 4.79 Å². The summed E-state index contributed by atoms with van der Waals surface area (Å²) in [5.41, 5.74) is 1.99. The zero-order valence-electron chi connectivity index (χ0n) is 9.02. The smallest absolute Gasteiger partial charge is 0.223 e. The van der Waals surface area contributed by atoms with Gasteiger partial charge in [-0.05, 0) is 24.6 Å². The first-order chi connectivity index (χ1) is 7.66. The van der Waals surface area contributed by atoms with Gasteiger partial charge in [0.05, 0.1) is 10.6 Å². The van der Waals surface area contributed by atoms with E-state index >= 15 is 0 Å². The van der Waals surface area contributed by atoms with Gasteiger partial charge in [0, 0.05) is 19.3 Å². The van der Waals surface area contributed by atoms with Gasteiger partial charge >= 0.3 is 0 Å². The lowest BCUT2D eigenvalue weighted by molar-refractivity contribution is -0.114. The molecule has 1 amide bonds. The molecule has 5 heteroatoms. The number of carbonyl (C=O) groups is 1. The summed E-state index contributed by atoms with van der Waals surface area (Å²) in [6, 6.07) is 3.86. The molecular weight excluding hydrogens is 222 g/mol. The number of thiazole rings is 1. The molecule has 0 aliphatic carbocycles. The molecule has 2 heterocycles. The molecule has 0 saturated carbocycles. The van der Waals surface area contributed by atoms with E-state index in [1.54, 1.807) is 12.4 Å². The summed E-state index contributed by atoms with van der Waals surface area (Å²) < 4.78 is 0. The van der Waals surface area contributed by atoms with E-state index < -0.39 is 0 Å². The Bertz CT molecular complexity index is 507. The molecule has 82 valence electrons. The molecule has 2 rings (SSSR count). The zero-order chi connectivity index (χ0) is 11.5. The fourth-order valence-electron chi connectivity index (χ4n) is 1.37. The van der Waals surface area contributed by atoms with Crippen LogP contribution in [0.15, 0.2) is 24.5 Å². The summed E-state index contributed by atoms with van der Waals surface area (Å²) in [6.45, 7) is 3.40. The number of aromatic nitrogens is 2. The minimum absolute atomic E-state index is 0.102. The summed E-state index contributed by atoms with van der Waals surface area (Å²) in [5, 5.41) is 3.32. The number of carbonyl (C=O) groups excluding carboxylic acids is 1. The number of hydrogen-bond donors (Lipinski definition) is 1. The molecule has 0 aliphatic heterocycles. The Morgan fingerprint density at radius 3 is 2.69 bits per heavy atom. The lowest BCUT2D eigenvalue weighted by Crippen LogP contribution is -2.04. The Balaban J connectivity index is 2.36. The van der Waals surface area contributed by atoms with E-state index in [9.17, 15) is 4.79 Å². The maximum absolute atomic E-state index is 10.9. The van der Waals surface area contributed by atoms with Gasteiger partial charge in [0.1, 0.15) is 0 Å². The fraction of sp³-hybridized carbons (Fsp3) is 0.182. The summed E-state index contributed by atoms with van der Waals surface area (Å²) in [7, 11) is 0. The Morgan fingerprint density at radius 2 is 2.06 bits per heavy atom. The van der Waals surface area contributed by atoms with Gasteiger partial charge in [-0.15, -0.1) is 0 Å². The van der Waals surface area contributed by atoms with Gasteiger partial charge in [-0.25, -0.2) is 4.98 Å². The van der Waals surface area contributed by atoms with Gasteiger partial charge in [0.25, 0.3) is 0 Å². The zero-order valence-corrected chi connectivity index (χ0v) is 9.84. The number of nitrogens with zero attached hydrogens (tertiary/aromatic N) is 2. The molecule has 0 radical (unpaired) electrons. The molecule has 0 spiro atoms. The Hall–Kier alpha value is -1.75. The molecule has 1 N–H and O–H groups in total. The van der Waals surface area contributed by atoms with Crippen LogP contribution in [0.25, 0.3) is 10.4 Å². The van der Waals surface area contributed by atoms with Crippen LogP contribution in [0.4, 0.5) is 5.13 Å². The van der Waals surface area contributed by atoms with E-state index in [-0.39, 0.29) is 5.91 Å². The van der Waals surface area contributed by atoms with E-state index in [0.717, 1.165) is 16.1 Å². The molecule has 4 nitrogen and oxygen atoms in total. The van der Waals surface area contributed by atoms with Gasteiger partial charge in [-0.3, -0.25) is 9.78 Å². The van der Waals surface area contributed by atoms with Crippen molar-refractivity contribution in [3.63, 3.8) is 0 Å². The summed E-state index contributed by atoms with van der Waals surface area (Å²) in [5.74, 6) is -0.102. The van der Waals surface area contributed by atoms with Crippen LogP contribution in [0.2, 0.25) is 0 Å². The number of aryl methyl sites for hydroxylation is 1. The van der Waals surface area contributed by atoms with Gasteiger partial charge in [-0.2, -0.15) is 0 Å². The van der Waals surface area contributed by atoms with E-state index in [4.69, 9.17) is 0 Å². The molecule has 2 aromatic rings. The third-order valence-corrected chi connectivity index (χ3v) is 3.14. The molecule has 2 aromatic heterocycles. The molecular formula is C11H11N3OS. The topological polar surface area (TPSA) is 54.9 Å². The fourth-order valence-corrected chi connectivity index (χ4v) is 2.39. The second-order valence-electron chi connectivity index (χ2n) is 3.35. The van der Waals surface area contributed by atoms with Gasteiger partial charge < -0.3 is 5.32 Å². The average Bonchev–Trinajstić information content (AvgIpc) is 2.60. The van der Waals surface area contributed by atoms with Crippen LogP contribution in [0, 0.1) is 6.92 Å². The highest BCUT2D eigenvalue weighted by atomic mass is 32.1. The van der Waals surface area contributed by atoms with Crippen molar-refractivity contribution in [2.75, 3.05) is 5.32 Å². The van der Waals surface area contributed by atoms with E-state index in [2.05, 4.69) is 15.3 Å². The predicted octanol–water partition coefficient (Wildman–Crippen LogP) is 2.47. The van der Waals surface area contributed by atoms with E-state index in [1.165, 1.54) is 18.3 Å². The lowest BCUT2D eigenvalue weighted by atomic mass is 10.2. The van der Waals surface area contributed by atoms with E-state index in [1.807, 2.05) is 19.1 Å². The van der Waals surface area contributed by atoms with Crippen molar-refractivity contribution in [1.29, 1.82) is 0 Å². The average molecular weight is 233 g/mol. The Kier molecular flexibility index (Phi) is 2.96. The second kappa shape index (κ2) is 4.40. The molecule has 0 atom stereocenters. The number of rotatable bonds is 2. The highest BCUT2D eigenvalue weighted by Crippen LogP contribution is 2.32. The SMILES string of the molecule is CC(=O)Nc1nc(C)c(-c2ccncc2)s1. The van der Waals surface area contributed by atoms with Crippen LogP contribution in [0.1, 0.15) is 12.6 Å². The third-order valence-electron chi connectivity index (χ3n) is 2.02. The molecule has 0 aromatic carbocycles. The van der Waals surface area contributed by atoms with Gasteiger partial charge in [-0.1, -0.05) is 11.3 Å². The quantitative estimate of drug-likeness (QED) is 0.867. The Labute approximate surface area is 97.4 Å². The first-order valence-corrected chi connectivity index (χ1v) is 5.64. The maximum atomic E-state index is 10.9. The van der Waals surface area contributed by atoms with Crippen molar-refractivity contribution in [1.82, 2.24) is 9.97 Å². The predicted molar refractivity (Wildman–Crippen MR) is 64.4 cm³/mol. The second-order valence-corrected chi connectivity index (χ2v) is 4.35. The number of nitrogens with one attached hydrogen (secondary N) is 1. The highest BCUT2D eigenvalue weighted by Gasteiger charge is 2.09. The number of anilines is 1. The van der Waals surface area contributed by atoms with Crippen molar-refractivity contribution in [2.45, 2.75) is 13.8 Å². The molecule has 0 saturated heterocycles. The van der Waals surface area contributed by atoms with Crippen molar-refractivity contribution in [2.24, 2.45) is 0 Å². The largest absolute Gasteiger partial charge is 0.302 e. The first kappa shape index (κ1) is 10.8. The van der Waals surface area contributed by atoms with Crippen LogP contribution in [-0.4, -0.2) is 15.9 Å². The van der Waals surface area contributed by atoms with Crippen LogP contribution >= 0.6 is 11.3 Å². The number of amides is 1. The third kappa shape index (κ3) is 2.25. The standard InChI is InChI=1S/C11H11N3OS/c1-7-10(9-3-5-12-6-4-9)16-11(13-7)14-8(2)15/h3-6H,1-2H3,(H,13,14,15). The first-order valence-electron chi connectivity index (χ1n) is 4.82. The summed E-state index contributed by atoms with van der Waals surface area (Å²) in [4.78, 5) is 20.2. The maximum Gasteiger partial charge on any atom is 0.223 e. The van der Waals surface area contributed by atoms with Crippen LogP contribution in [0.3, 0.4) is 0 Å². The normalized spacial score (nSPS) is 10.1. The van der Waals surface area contributed by atoms with Gasteiger partial charge in [0.15, 0.2) is 5.13 Å².